The molecule has 1 aromatic rings. The highest BCUT2D eigenvalue weighted by molar-refractivity contribution is 5.31. The van der Waals surface area contributed by atoms with Crippen LogP contribution < -0.4 is 10.5 Å². The first-order chi connectivity index (χ1) is 6.33. The van der Waals surface area contributed by atoms with Crippen molar-refractivity contribution in [2.45, 2.75) is 6.42 Å². The van der Waals surface area contributed by atoms with Gasteiger partial charge in [-0.1, -0.05) is 0 Å². The van der Waals surface area contributed by atoms with E-state index in [0.29, 0.717) is 19.0 Å². The van der Waals surface area contributed by atoms with E-state index in [2.05, 4.69) is 4.98 Å². The van der Waals surface area contributed by atoms with Gasteiger partial charge in [-0.25, -0.2) is 4.98 Å². The predicted octanol–water partition coefficient (Wildman–Crippen LogP) is 1.08. The fourth-order valence-corrected chi connectivity index (χ4v) is 0.870. The first-order valence-electron chi connectivity index (χ1n) is 4.16. The molecule has 0 saturated heterocycles. The summed E-state index contributed by atoms with van der Waals surface area (Å²) >= 11 is 0. The van der Waals surface area contributed by atoms with Crippen LogP contribution in [-0.2, 0) is 4.74 Å². The summed E-state index contributed by atoms with van der Waals surface area (Å²) in [5.41, 5.74) is 5.42. The van der Waals surface area contributed by atoms with E-state index in [1.165, 1.54) is 0 Å². The van der Waals surface area contributed by atoms with Gasteiger partial charge in [0.05, 0.1) is 12.8 Å². The highest BCUT2D eigenvalue weighted by atomic mass is 16.5. The van der Waals surface area contributed by atoms with Crippen LogP contribution in [-0.4, -0.2) is 25.3 Å². The number of anilines is 1. The molecule has 72 valence electrons. The SMILES string of the molecule is COCCCOc1ccc(N)nc1. The van der Waals surface area contributed by atoms with Crippen LogP contribution >= 0.6 is 0 Å². The van der Waals surface area contributed by atoms with E-state index in [9.17, 15) is 0 Å². The number of hydrogen-bond acceptors (Lipinski definition) is 4. The molecule has 1 rings (SSSR count). The minimum Gasteiger partial charge on any atom is -0.492 e. The summed E-state index contributed by atoms with van der Waals surface area (Å²) in [6.45, 7) is 1.35. The Morgan fingerprint density at radius 1 is 1.38 bits per heavy atom. The number of nitrogens with zero attached hydrogens (tertiary/aromatic N) is 1. The first-order valence-corrected chi connectivity index (χ1v) is 4.16. The van der Waals surface area contributed by atoms with Gasteiger partial charge < -0.3 is 15.2 Å². The molecule has 0 radical (unpaired) electrons. The van der Waals surface area contributed by atoms with Crippen molar-refractivity contribution in [2.24, 2.45) is 0 Å². The number of hydrogen-bond donors (Lipinski definition) is 1. The van der Waals surface area contributed by atoms with Gasteiger partial charge >= 0.3 is 0 Å². The second-order valence-corrected chi connectivity index (χ2v) is 2.61. The highest BCUT2D eigenvalue weighted by Crippen LogP contribution is 2.09. The predicted molar refractivity (Wildman–Crippen MR) is 50.6 cm³/mol. The molecule has 0 aliphatic carbocycles. The van der Waals surface area contributed by atoms with Gasteiger partial charge in [-0.15, -0.1) is 0 Å². The Kier molecular flexibility index (Phi) is 4.05. The second-order valence-electron chi connectivity index (χ2n) is 2.61. The molecule has 1 heterocycles. The van der Waals surface area contributed by atoms with E-state index >= 15 is 0 Å². The largest absolute Gasteiger partial charge is 0.492 e. The molecule has 0 aromatic carbocycles. The summed E-state index contributed by atoms with van der Waals surface area (Å²) in [7, 11) is 1.67. The van der Waals surface area contributed by atoms with Crippen LogP contribution in [0.15, 0.2) is 18.3 Å². The zero-order valence-corrected chi connectivity index (χ0v) is 7.69. The topological polar surface area (TPSA) is 57.4 Å². The Morgan fingerprint density at radius 3 is 2.85 bits per heavy atom. The Bertz CT molecular complexity index is 236. The lowest BCUT2D eigenvalue weighted by molar-refractivity contribution is 0.172. The fourth-order valence-electron chi connectivity index (χ4n) is 0.870. The molecule has 2 N–H and O–H groups in total. The van der Waals surface area contributed by atoms with E-state index in [4.69, 9.17) is 15.2 Å². The molecule has 4 nitrogen and oxygen atoms in total. The number of ether oxygens (including phenoxy) is 2. The van der Waals surface area contributed by atoms with Crippen molar-refractivity contribution in [2.75, 3.05) is 26.1 Å². The summed E-state index contributed by atoms with van der Waals surface area (Å²) in [6, 6.07) is 3.51. The molecule has 0 unspecified atom stereocenters. The van der Waals surface area contributed by atoms with Crippen molar-refractivity contribution in [1.82, 2.24) is 4.98 Å². The average molecular weight is 182 g/mol. The molecule has 0 bridgehead atoms. The molecule has 0 aliphatic rings. The number of aromatic nitrogens is 1. The maximum atomic E-state index is 5.42. The minimum absolute atomic E-state index is 0.504. The van der Waals surface area contributed by atoms with Crippen LogP contribution in [0.5, 0.6) is 5.75 Å². The van der Waals surface area contributed by atoms with Crippen LogP contribution in [0.2, 0.25) is 0 Å². The number of nitrogen functional groups attached to an aromatic ring is 1. The van der Waals surface area contributed by atoms with Gasteiger partial charge in [0.15, 0.2) is 0 Å². The van der Waals surface area contributed by atoms with E-state index in [-0.39, 0.29) is 0 Å². The van der Waals surface area contributed by atoms with Gasteiger partial charge in [0.2, 0.25) is 0 Å². The monoisotopic (exact) mass is 182 g/mol. The van der Waals surface area contributed by atoms with Crippen LogP contribution in [0, 0.1) is 0 Å². The number of nitrogens with two attached hydrogens (primary N) is 1. The third kappa shape index (κ3) is 3.75. The normalized spacial score (nSPS) is 9.92. The molecular weight excluding hydrogens is 168 g/mol. The molecule has 4 heteroatoms. The zero-order valence-electron chi connectivity index (χ0n) is 7.69. The van der Waals surface area contributed by atoms with E-state index < -0.39 is 0 Å². The van der Waals surface area contributed by atoms with E-state index in [0.717, 1.165) is 12.2 Å². The summed E-state index contributed by atoms with van der Waals surface area (Å²) < 4.78 is 10.2. The second kappa shape index (κ2) is 5.37. The van der Waals surface area contributed by atoms with Gasteiger partial charge in [0.25, 0.3) is 0 Å². The van der Waals surface area contributed by atoms with Crippen molar-refractivity contribution >= 4 is 5.82 Å². The van der Waals surface area contributed by atoms with Gasteiger partial charge in [-0.2, -0.15) is 0 Å². The van der Waals surface area contributed by atoms with Crippen molar-refractivity contribution in [1.29, 1.82) is 0 Å². The average Bonchev–Trinajstić information content (AvgIpc) is 2.15. The summed E-state index contributed by atoms with van der Waals surface area (Å²) in [6.07, 6.45) is 2.49. The Labute approximate surface area is 77.7 Å². The fraction of sp³-hybridized carbons (Fsp3) is 0.444. The Morgan fingerprint density at radius 2 is 2.23 bits per heavy atom. The smallest absolute Gasteiger partial charge is 0.137 e. The molecule has 0 aliphatic heterocycles. The third-order valence-electron chi connectivity index (χ3n) is 1.52. The molecule has 0 fully saturated rings. The van der Waals surface area contributed by atoms with Crippen LogP contribution in [0.4, 0.5) is 5.82 Å². The van der Waals surface area contributed by atoms with Gasteiger partial charge in [-0.05, 0) is 12.1 Å². The minimum atomic E-state index is 0.504. The van der Waals surface area contributed by atoms with Crippen molar-refractivity contribution in [3.05, 3.63) is 18.3 Å². The van der Waals surface area contributed by atoms with Gasteiger partial charge in [0, 0.05) is 20.1 Å². The van der Waals surface area contributed by atoms with Crippen molar-refractivity contribution in [3.63, 3.8) is 0 Å². The van der Waals surface area contributed by atoms with Crippen molar-refractivity contribution in [3.8, 4) is 5.75 Å². The van der Waals surface area contributed by atoms with E-state index in [1.54, 1.807) is 25.4 Å². The lowest BCUT2D eigenvalue weighted by Crippen LogP contribution is -2.01. The number of pyridine rings is 1. The van der Waals surface area contributed by atoms with Crippen LogP contribution in [0.3, 0.4) is 0 Å². The Balaban J connectivity index is 2.25. The first kappa shape index (κ1) is 9.80. The quantitative estimate of drug-likeness (QED) is 0.692. The maximum Gasteiger partial charge on any atom is 0.137 e. The van der Waals surface area contributed by atoms with Gasteiger partial charge in [-0.3, -0.25) is 0 Å². The Hall–Kier alpha value is -1.29. The molecule has 0 atom stereocenters. The van der Waals surface area contributed by atoms with Crippen LogP contribution in [0.1, 0.15) is 6.42 Å². The maximum absolute atomic E-state index is 5.42. The lowest BCUT2D eigenvalue weighted by Gasteiger charge is -2.04. The third-order valence-corrected chi connectivity index (χ3v) is 1.52. The molecule has 0 amide bonds. The molecule has 0 spiro atoms. The lowest BCUT2D eigenvalue weighted by atomic mass is 10.4. The summed E-state index contributed by atoms with van der Waals surface area (Å²) in [5, 5.41) is 0. The van der Waals surface area contributed by atoms with Gasteiger partial charge in [0.1, 0.15) is 11.6 Å². The molecule has 0 saturated carbocycles. The highest BCUT2D eigenvalue weighted by Gasteiger charge is 1.93. The summed E-state index contributed by atoms with van der Waals surface area (Å²) in [5.74, 6) is 1.24. The standard InChI is InChI=1S/C9H14N2O2/c1-12-5-2-6-13-8-3-4-9(10)11-7-8/h3-4,7H,2,5-6H2,1H3,(H2,10,11). The zero-order chi connectivity index (χ0) is 9.52. The van der Waals surface area contributed by atoms with Crippen molar-refractivity contribution < 1.29 is 9.47 Å². The summed E-state index contributed by atoms with van der Waals surface area (Å²) in [4.78, 5) is 3.90. The number of rotatable bonds is 5. The molecular formula is C9H14N2O2. The number of methoxy groups -OCH3 is 1. The van der Waals surface area contributed by atoms with Crippen LogP contribution in [0.25, 0.3) is 0 Å². The molecule has 13 heavy (non-hydrogen) atoms. The van der Waals surface area contributed by atoms with E-state index in [1.807, 2.05) is 0 Å². The molecule has 1 aromatic heterocycles.